The largest absolute Gasteiger partial charge is 0.325 e. The van der Waals surface area contributed by atoms with Gasteiger partial charge in [0.2, 0.25) is 10.9 Å². The Hall–Kier alpha value is -0.320. The number of unbranched alkanes of at least 4 members (excludes halogenated alkanes) is 1. The summed E-state index contributed by atoms with van der Waals surface area (Å²) in [7, 11) is 0. The Morgan fingerprint density at radius 1 is 1.23 bits per heavy atom. The van der Waals surface area contributed by atoms with Gasteiger partial charge in [0.25, 0.3) is 0 Å². The quantitative estimate of drug-likeness (QED) is 0.562. The van der Waals surface area contributed by atoms with Crippen LogP contribution in [0.4, 0.5) is 0 Å². The Balaban J connectivity index is 2.17. The van der Waals surface area contributed by atoms with Crippen molar-refractivity contribution in [3.8, 4) is 0 Å². The lowest BCUT2D eigenvalue weighted by molar-refractivity contribution is -0.0559. The highest BCUT2D eigenvalue weighted by Crippen LogP contribution is 2.41. The Morgan fingerprint density at radius 2 is 1.82 bits per heavy atom. The first-order chi connectivity index (χ1) is 10.2. The molecule has 6 heteroatoms. The van der Waals surface area contributed by atoms with Crippen LogP contribution in [0.15, 0.2) is 9.98 Å². The molecule has 0 N–H and O–H groups in total. The van der Waals surface area contributed by atoms with Crippen LogP contribution in [0, 0.1) is 0 Å². The molecule has 2 rings (SSSR count). The van der Waals surface area contributed by atoms with E-state index in [1.165, 1.54) is 12.8 Å². The van der Waals surface area contributed by atoms with Crippen LogP contribution < -0.4 is 0 Å². The lowest BCUT2D eigenvalue weighted by Crippen LogP contribution is -2.64. The van der Waals surface area contributed by atoms with Crippen molar-refractivity contribution < 1.29 is 0 Å². The molecule has 0 aliphatic carbocycles. The fraction of sp³-hybridized carbons (Fsp3) is 0.875. The van der Waals surface area contributed by atoms with Crippen molar-refractivity contribution in [1.29, 1.82) is 0 Å². The fourth-order valence-electron chi connectivity index (χ4n) is 4.02. The molecule has 1 atom stereocenters. The van der Waals surface area contributed by atoms with E-state index in [0.717, 1.165) is 19.4 Å². The number of nitrogens with zero attached hydrogens (tertiary/aromatic N) is 4. The summed E-state index contributed by atoms with van der Waals surface area (Å²) in [4.78, 5) is 13.0. The highest BCUT2D eigenvalue weighted by Gasteiger charge is 2.47. The van der Waals surface area contributed by atoms with E-state index < -0.39 is 5.62 Å². The molecule has 126 valence electrons. The number of hydrogen-bond acceptors (Lipinski definition) is 4. The first-order valence-electron chi connectivity index (χ1n) is 8.14. The molecule has 22 heavy (non-hydrogen) atoms. The van der Waals surface area contributed by atoms with Crippen LogP contribution in [-0.4, -0.2) is 50.7 Å². The van der Waals surface area contributed by atoms with Crippen molar-refractivity contribution >= 4 is 34.8 Å². The minimum Gasteiger partial charge on any atom is -0.325 e. The summed E-state index contributed by atoms with van der Waals surface area (Å²) in [6, 6.07) is 0.322. The molecule has 0 radical (unpaired) electrons. The zero-order valence-electron chi connectivity index (χ0n) is 14.3. The van der Waals surface area contributed by atoms with Gasteiger partial charge in [-0.1, -0.05) is 24.9 Å². The third-order valence-electron chi connectivity index (χ3n) is 4.85. The van der Waals surface area contributed by atoms with Gasteiger partial charge in [-0.2, -0.15) is 0 Å². The molecule has 0 spiro atoms. The second-order valence-electron chi connectivity index (χ2n) is 7.59. The van der Waals surface area contributed by atoms with Crippen molar-refractivity contribution in [3.63, 3.8) is 0 Å². The highest BCUT2D eigenvalue weighted by atomic mass is 35.5. The van der Waals surface area contributed by atoms with E-state index in [1.54, 1.807) is 6.34 Å². The number of aliphatic imine (C=N–C) groups is 2. The van der Waals surface area contributed by atoms with Crippen molar-refractivity contribution in [2.75, 3.05) is 6.54 Å². The van der Waals surface area contributed by atoms with Gasteiger partial charge in [-0.15, -0.1) is 0 Å². The number of amidine groups is 1. The Kier molecular flexibility index (Phi) is 5.46. The molecule has 1 fully saturated rings. The van der Waals surface area contributed by atoms with E-state index in [4.69, 9.17) is 23.2 Å². The Labute approximate surface area is 144 Å². The van der Waals surface area contributed by atoms with Gasteiger partial charge in [-0.05, 0) is 65.1 Å². The number of halogens is 2. The molecule has 2 aliphatic rings. The molecule has 1 saturated heterocycles. The van der Waals surface area contributed by atoms with Crippen molar-refractivity contribution in [3.05, 3.63) is 0 Å². The predicted molar refractivity (Wildman–Crippen MR) is 96.1 cm³/mol. The van der Waals surface area contributed by atoms with Gasteiger partial charge >= 0.3 is 0 Å². The maximum atomic E-state index is 6.37. The van der Waals surface area contributed by atoms with Crippen molar-refractivity contribution in [1.82, 2.24) is 9.80 Å². The molecule has 0 bridgehead atoms. The topological polar surface area (TPSA) is 31.2 Å². The van der Waals surface area contributed by atoms with E-state index in [0.29, 0.717) is 6.04 Å². The summed E-state index contributed by atoms with van der Waals surface area (Å²) in [5, 5.41) is 0.232. The van der Waals surface area contributed by atoms with Crippen molar-refractivity contribution in [2.45, 2.75) is 83.0 Å². The monoisotopic (exact) mass is 346 g/mol. The number of rotatable bonds is 4. The SMILES string of the molecule is CCCCN1C(C)(C)CC(N2C=NC(Cl)=NC2Cl)CC1(C)C. The van der Waals surface area contributed by atoms with E-state index in [1.807, 2.05) is 4.90 Å². The van der Waals surface area contributed by atoms with Crippen molar-refractivity contribution in [2.24, 2.45) is 9.98 Å². The first kappa shape index (κ1) is 18.0. The summed E-state index contributed by atoms with van der Waals surface area (Å²) in [6.07, 6.45) is 6.30. The molecule has 0 aromatic rings. The summed E-state index contributed by atoms with van der Waals surface area (Å²) in [5.41, 5.74) is -0.211. The van der Waals surface area contributed by atoms with Gasteiger partial charge in [0.05, 0.1) is 6.34 Å². The molecular weight excluding hydrogens is 319 g/mol. The van der Waals surface area contributed by atoms with Gasteiger partial charge in [0.1, 0.15) is 0 Å². The van der Waals surface area contributed by atoms with Crippen LogP contribution in [-0.2, 0) is 0 Å². The predicted octanol–water partition coefficient (Wildman–Crippen LogP) is 4.27. The third-order valence-corrected chi connectivity index (χ3v) is 5.36. The zero-order valence-corrected chi connectivity index (χ0v) is 15.8. The van der Waals surface area contributed by atoms with E-state index in [-0.39, 0.29) is 16.4 Å². The van der Waals surface area contributed by atoms with Crippen LogP contribution >= 0.6 is 23.2 Å². The van der Waals surface area contributed by atoms with Crippen LogP contribution in [0.3, 0.4) is 0 Å². The van der Waals surface area contributed by atoms with Gasteiger partial charge in [0.15, 0.2) is 0 Å². The Morgan fingerprint density at radius 3 is 2.32 bits per heavy atom. The average Bonchev–Trinajstić information content (AvgIpc) is 2.35. The number of likely N-dealkylation sites (tertiary alicyclic amines) is 1. The summed E-state index contributed by atoms with van der Waals surface area (Å²) < 4.78 is 0. The molecule has 1 unspecified atom stereocenters. The van der Waals surface area contributed by atoms with Crippen LogP contribution in [0.5, 0.6) is 0 Å². The highest BCUT2D eigenvalue weighted by molar-refractivity contribution is 6.65. The number of hydrogen-bond donors (Lipinski definition) is 0. The summed E-state index contributed by atoms with van der Waals surface area (Å²) in [5.74, 6) is 0. The second-order valence-corrected chi connectivity index (χ2v) is 8.32. The van der Waals surface area contributed by atoms with Gasteiger partial charge in [-0.25, -0.2) is 9.98 Å². The maximum Gasteiger partial charge on any atom is 0.222 e. The molecule has 0 aromatic heterocycles. The molecule has 0 amide bonds. The second kappa shape index (κ2) is 6.66. The minimum absolute atomic E-state index is 0.122. The third kappa shape index (κ3) is 3.77. The molecular formula is C16H28Cl2N4. The molecule has 0 aromatic carbocycles. The van der Waals surface area contributed by atoms with Crippen LogP contribution in [0.1, 0.15) is 60.3 Å². The molecule has 0 saturated carbocycles. The average molecular weight is 347 g/mol. The number of piperidine rings is 1. The zero-order chi connectivity index (χ0) is 16.5. The van der Waals surface area contributed by atoms with E-state index in [9.17, 15) is 0 Å². The van der Waals surface area contributed by atoms with Gasteiger partial charge in [0, 0.05) is 17.1 Å². The summed E-state index contributed by atoms with van der Waals surface area (Å²) in [6.45, 7) is 12.7. The lowest BCUT2D eigenvalue weighted by Gasteiger charge is -2.57. The van der Waals surface area contributed by atoms with Gasteiger partial charge in [-0.3, -0.25) is 4.90 Å². The maximum absolute atomic E-state index is 6.37. The minimum atomic E-state index is -0.455. The molecule has 2 aliphatic heterocycles. The van der Waals surface area contributed by atoms with Gasteiger partial charge < -0.3 is 4.90 Å². The normalized spacial score (nSPS) is 28.8. The fourth-order valence-corrected chi connectivity index (χ4v) is 4.51. The first-order valence-corrected chi connectivity index (χ1v) is 8.95. The van der Waals surface area contributed by atoms with E-state index in [2.05, 4.69) is 49.5 Å². The lowest BCUT2D eigenvalue weighted by atomic mass is 9.76. The van der Waals surface area contributed by atoms with Crippen LogP contribution in [0.25, 0.3) is 0 Å². The molecule has 4 nitrogen and oxygen atoms in total. The smallest absolute Gasteiger partial charge is 0.222 e. The van der Waals surface area contributed by atoms with E-state index >= 15 is 0 Å². The standard InChI is InChI=1S/C16H28Cl2N4/c1-6-7-8-22-15(2,3)9-12(10-16(22,4)5)21-11-19-13(17)20-14(21)18/h11-12,14H,6-10H2,1-5H3. The van der Waals surface area contributed by atoms with Crippen LogP contribution in [0.2, 0.25) is 0 Å². The molecule has 2 heterocycles. The summed E-state index contributed by atoms with van der Waals surface area (Å²) >= 11 is 12.2. The Bertz CT molecular complexity index is 441. The number of alkyl halides is 1.